The van der Waals surface area contributed by atoms with Crippen LogP contribution in [0.25, 0.3) is 0 Å². The third-order valence-corrected chi connectivity index (χ3v) is 2.86. The van der Waals surface area contributed by atoms with Crippen molar-refractivity contribution < 1.29 is 9.84 Å². The zero-order chi connectivity index (χ0) is 11.3. The van der Waals surface area contributed by atoms with E-state index in [1.165, 1.54) is 0 Å². The van der Waals surface area contributed by atoms with Gasteiger partial charge in [-0.1, -0.05) is 0 Å². The number of aliphatic hydroxyl groups excluding tert-OH is 1. The molecule has 0 aliphatic carbocycles. The monoisotopic (exact) mass is 216 g/mol. The second-order valence-electron chi connectivity index (χ2n) is 4.47. The molecule has 2 N–H and O–H groups in total. The topological polar surface area (TPSA) is 44.7 Å². The van der Waals surface area contributed by atoms with E-state index in [2.05, 4.69) is 24.1 Å². The molecule has 0 amide bonds. The van der Waals surface area contributed by atoms with Gasteiger partial charge in [0.25, 0.3) is 0 Å². The summed E-state index contributed by atoms with van der Waals surface area (Å²) in [7, 11) is 1.95. The van der Waals surface area contributed by atoms with E-state index in [9.17, 15) is 0 Å². The largest absolute Gasteiger partial charge is 0.396 e. The first-order chi connectivity index (χ1) is 7.15. The molecular weight excluding hydrogens is 192 g/mol. The highest BCUT2D eigenvalue weighted by Gasteiger charge is 2.23. The number of likely N-dealkylation sites (N-methyl/N-ethyl adjacent to an activating group) is 1. The zero-order valence-electron chi connectivity index (χ0n) is 10.1. The van der Waals surface area contributed by atoms with Crippen LogP contribution in [0.2, 0.25) is 0 Å². The van der Waals surface area contributed by atoms with Crippen LogP contribution in [-0.4, -0.2) is 61.5 Å². The van der Waals surface area contributed by atoms with Crippen molar-refractivity contribution in [3.63, 3.8) is 0 Å². The molecule has 0 saturated carbocycles. The van der Waals surface area contributed by atoms with Crippen molar-refractivity contribution in [1.82, 2.24) is 10.2 Å². The first-order valence-electron chi connectivity index (χ1n) is 5.81. The number of morpholine rings is 1. The van der Waals surface area contributed by atoms with E-state index in [-0.39, 0.29) is 6.61 Å². The lowest BCUT2D eigenvalue weighted by atomic mass is 10.1. The number of ether oxygens (including phenoxy) is 1. The van der Waals surface area contributed by atoms with Crippen molar-refractivity contribution in [3.8, 4) is 0 Å². The van der Waals surface area contributed by atoms with Gasteiger partial charge in [0.05, 0.1) is 12.2 Å². The van der Waals surface area contributed by atoms with E-state index in [4.69, 9.17) is 9.84 Å². The van der Waals surface area contributed by atoms with Crippen LogP contribution in [0.4, 0.5) is 0 Å². The molecule has 0 aromatic rings. The van der Waals surface area contributed by atoms with Gasteiger partial charge in [-0.3, -0.25) is 4.90 Å². The molecule has 3 atom stereocenters. The Bertz CT molecular complexity index is 168. The first kappa shape index (κ1) is 12.9. The Hall–Kier alpha value is -0.160. The average Bonchev–Trinajstić information content (AvgIpc) is 2.15. The predicted molar refractivity (Wildman–Crippen MR) is 61.0 cm³/mol. The second-order valence-corrected chi connectivity index (χ2v) is 4.47. The maximum absolute atomic E-state index is 8.92. The van der Waals surface area contributed by atoms with Crippen LogP contribution in [0.15, 0.2) is 0 Å². The lowest BCUT2D eigenvalue weighted by molar-refractivity contribution is -0.0700. The van der Waals surface area contributed by atoms with E-state index in [0.29, 0.717) is 18.2 Å². The highest BCUT2D eigenvalue weighted by Crippen LogP contribution is 2.11. The fraction of sp³-hybridized carbons (Fsp3) is 1.00. The Morgan fingerprint density at radius 2 is 2.00 bits per heavy atom. The standard InChI is InChI=1S/C11H24N2O2/c1-9-6-13(7-10(2)15-9)8-11(12-3)4-5-14/h9-12,14H,4-8H2,1-3H3. The van der Waals surface area contributed by atoms with E-state index in [1.807, 2.05) is 7.05 Å². The molecule has 4 heteroatoms. The lowest BCUT2D eigenvalue weighted by Gasteiger charge is -2.37. The van der Waals surface area contributed by atoms with Crippen LogP contribution in [0, 0.1) is 0 Å². The van der Waals surface area contributed by atoms with E-state index in [1.54, 1.807) is 0 Å². The van der Waals surface area contributed by atoms with Crippen LogP contribution < -0.4 is 5.32 Å². The van der Waals surface area contributed by atoms with E-state index < -0.39 is 0 Å². The molecule has 15 heavy (non-hydrogen) atoms. The summed E-state index contributed by atoms with van der Waals surface area (Å²) in [5.74, 6) is 0. The predicted octanol–water partition coefficient (Wildman–Crippen LogP) is 0.0660. The molecule has 1 saturated heterocycles. The molecule has 0 spiro atoms. The van der Waals surface area contributed by atoms with Crippen molar-refractivity contribution in [2.75, 3.05) is 33.3 Å². The van der Waals surface area contributed by atoms with Gasteiger partial charge in [0.1, 0.15) is 0 Å². The van der Waals surface area contributed by atoms with Gasteiger partial charge < -0.3 is 15.2 Å². The zero-order valence-corrected chi connectivity index (χ0v) is 10.1. The summed E-state index contributed by atoms with van der Waals surface area (Å²) < 4.78 is 5.68. The van der Waals surface area contributed by atoms with Crippen molar-refractivity contribution in [3.05, 3.63) is 0 Å². The summed E-state index contributed by atoms with van der Waals surface area (Å²) in [4.78, 5) is 2.41. The molecule has 4 nitrogen and oxygen atoms in total. The molecule has 90 valence electrons. The second kappa shape index (κ2) is 6.43. The Morgan fingerprint density at radius 3 is 2.47 bits per heavy atom. The van der Waals surface area contributed by atoms with Gasteiger partial charge in [0.2, 0.25) is 0 Å². The van der Waals surface area contributed by atoms with Crippen molar-refractivity contribution in [2.24, 2.45) is 0 Å². The number of aliphatic hydroxyl groups is 1. The first-order valence-corrected chi connectivity index (χ1v) is 5.81. The summed E-state index contributed by atoms with van der Waals surface area (Å²) in [6.45, 7) is 7.46. The summed E-state index contributed by atoms with van der Waals surface area (Å²) in [5, 5.41) is 12.2. The lowest BCUT2D eigenvalue weighted by Crippen LogP contribution is -2.50. The van der Waals surface area contributed by atoms with E-state index in [0.717, 1.165) is 26.1 Å². The Labute approximate surface area is 92.6 Å². The molecule has 1 fully saturated rings. The van der Waals surface area contributed by atoms with Crippen LogP contribution in [-0.2, 0) is 4.74 Å². The number of hydrogen-bond acceptors (Lipinski definition) is 4. The molecule has 0 aromatic carbocycles. The van der Waals surface area contributed by atoms with Gasteiger partial charge in [0.15, 0.2) is 0 Å². The number of hydrogen-bond donors (Lipinski definition) is 2. The Kier molecular flexibility index (Phi) is 5.53. The summed E-state index contributed by atoms with van der Waals surface area (Å²) in [5.41, 5.74) is 0. The van der Waals surface area contributed by atoms with Gasteiger partial charge in [-0.25, -0.2) is 0 Å². The minimum atomic E-state index is 0.251. The van der Waals surface area contributed by atoms with Gasteiger partial charge in [0, 0.05) is 32.3 Å². The number of nitrogens with one attached hydrogen (secondary N) is 1. The Balaban J connectivity index is 2.35. The van der Waals surface area contributed by atoms with E-state index >= 15 is 0 Å². The maximum atomic E-state index is 8.92. The quantitative estimate of drug-likeness (QED) is 0.682. The van der Waals surface area contributed by atoms with Gasteiger partial charge in [-0.15, -0.1) is 0 Å². The highest BCUT2D eigenvalue weighted by molar-refractivity contribution is 4.77. The van der Waals surface area contributed by atoms with Gasteiger partial charge >= 0.3 is 0 Å². The van der Waals surface area contributed by atoms with Crippen LogP contribution in [0.5, 0.6) is 0 Å². The summed E-state index contributed by atoms with van der Waals surface area (Å²) in [6, 6.07) is 0.382. The molecule has 3 unspecified atom stereocenters. The van der Waals surface area contributed by atoms with Crippen molar-refractivity contribution in [1.29, 1.82) is 0 Å². The SMILES string of the molecule is CNC(CCO)CN1CC(C)OC(C)C1. The number of nitrogens with zero attached hydrogens (tertiary/aromatic N) is 1. The maximum Gasteiger partial charge on any atom is 0.0678 e. The fourth-order valence-corrected chi connectivity index (χ4v) is 2.23. The minimum absolute atomic E-state index is 0.251. The molecule has 0 radical (unpaired) electrons. The third-order valence-electron chi connectivity index (χ3n) is 2.86. The van der Waals surface area contributed by atoms with Gasteiger partial charge in [-0.2, -0.15) is 0 Å². The highest BCUT2D eigenvalue weighted by atomic mass is 16.5. The summed E-state index contributed by atoms with van der Waals surface area (Å²) >= 11 is 0. The summed E-state index contributed by atoms with van der Waals surface area (Å²) in [6.07, 6.45) is 1.46. The molecule has 1 heterocycles. The van der Waals surface area contributed by atoms with Crippen LogP contribution in [0.3, 0.4) is 0 Å². The molecular formula is C11H24N2O2. The average molecular weight is 216 g/mol. The molecule has 1 aliphatic heterocycles. The fourth-order valence-electron chi connectivity index (χ4n) is 2.23. The van der Waals surface area contributed by atoms with Crippen LogP contribution in [0.1, 0.15) is 20.3 Å². The minimum Gasteiger partial charge on any atom is -0.396 e. The van der Waals surface area contributed by atoms with Crippen molar-refractivity contribution in [2.45, 2.75) is 38.5 Å². The molecule has 1 aliphatic rings. The molecule has 0 bridgehead atoms. The van der Waals surface area contributed by atoms with Crippen LogP contribution >= 0.6 is 0 Å². The number of rotatable bonds is 5. The third kappa shape index (κ3) is 4.47. The molecule has 1 rings (SSSR count). The normalized spacial score (nSPS) is 30.4. The van der Waals surface area contributed by atoms with Crippen molar-refractivity contribution >= 4 is 0 Å². The molecule has 0 aromatic heterocycles. The smallest absolute Gasteiger partial charge is 0.0678 e. The van der Waals surface area contributed by atoms with Gasteiger partial charge in [-0.05, 0) is 27.3 Å². The Morgan fingerprint density at radius 1 is 1.40 bits per heavy atom.